The topological polar surface area (TPSA) is 51.0 Å². The number of amides is 1. The number of hydrogen-bond donors (Lipinski definition) is 0. The summed E-state index contributed by atoms with van der Waals surface area (Å²) in [5.41, 5.74) is 2.76. The van der Waals surface area contributed by atoms with Crippen LogP contribution in [-0.4, -0.2) is 32.1 Å². The summed E-state index contributed by atoms with van der Waals surface area (Å²) in [7, 11) is 0. The number of aromatic nitrogens is 3. The van der Waals surface area contributed by atoms with Gasteiger partial charge in [0.25, 0.3) is 5.91 Å². The molecule has 5 heteroatoms. The van der Waals surface area contributed by atoms with E-state index >= 15 is 0 Å². The second-order valence-electron chi connectivity index (χ2n) is 7.42. The molecule has 1 aliphatic heterocycles. The van der Waals surface area contributed by atoms with E-state index in [-0.39, 0.29) is 5.91 Å². The van der Waals surface area contributed by atoms with Gasteiger partial charge in [0, 0.05) is 25.1 Å². The Morgan fingerprint density at radius 1 is 1.00 bits per heavy atom. The molecule has 0 radical (unpaired) electrons. The number of fused-ring (bicyclic) bond motifs is 1. The highest BCUT2D eigenvalue weighted by molar-refractivity contribution is 6.00. The van der Waals surface area contributed by atoms with Crippen molar-refractivity contribution in [2.75, 3.05) is 6.54 Å². The Labute approximate surface area is 159 Å². The van der Waals surface area contributed by atoms with Gasteiger partial charge in [0.05, 0.1) is 6.54 Å². The zero-order valence-corrected chi connectivity index (χ0v) is 15.8. The molecule has 0 bridgehead atoms. The standard InChI is InChI=1S/C22H24N4O/c1-16(2)14-20-23-24-21-15-25(12-13-26(20)21)22(27)19-11-7-6-10-18(19)17-8-4-3-5-9-17/h3-11,16H,12-15H2,1-2H3. The van der Waals surface area contributed by atoms with Gasteiger partial charge in [-0.15, -0.1) is 10.2 Å². The first kappa shape index (κ1) is 17.5. The molecule has 138 valence electrons. The quantitative estimate of drug-likeness (QED) is 0.711. The van der Waals surface area contributed by atoms with Crippen LogP contribution < -0.4 is 0 Å². The van der Waals surface area contributed by atoms with Crippen molar-refractivity contribution in [1.29, 1.82) is 0 Å². The molecule has 1 amide bonds. The summed E-state index contributed by atoms with van der Waals surface area (Å²) in [6.45, 7) is 6.30. The second-order valence-corrected chi connectivity index (χ2v) is 7.42. The molecule has 0 saturated heterocycles. The molecule has 4 rings (SSSR count). The highest BCUT2D eigenvalue weighted by Crippen LogP contribution is 2.26. The van der Waals surface area contributed by atoms with Crippen molar-refractivity contribution in [3.8, 4) is 11.1 Å². The maximum absolute atomic E-state index is 13.3. The number of carbonyl (C=O) groups excluding carboxylic acids is 1. The minimum Gasteiger partial charge on any atom is -0.329 e. The Bertz CT molecular complexity index is 946. The van der Waals surface area contributed by atoms with Crippen LogP contribution in [0, 0.1) is 5.92 Å². The molecule has 0 unspecified atom stereocenters. The molecule has 0 saturated carbocycles. The predicted octanol–water partition coefficient (Wildman–Crippen LogP) is 3.80. The molecule has 2 heterocycles. The predicted molar refractivity (Wildman–Crippen MR) is 105 cm³/mol. The fourth-order valence-corrected chi connectivity index (χ4v) is 3.62. The lowest BCUT2D eigenvalue weighted by Crippen LogP contribution is -2.39. The fraction of sp³-hybridized carbons (Fsp3) is 0.318. The maximum atomic E-state index is 13.3. The summed E-state index contributed by atoms with van der Waals surface area (Å²) in [5.74, 6) is 2.49. The van der Waals surface area contributed by atoms with Gasteiger partial charge in [-0.3, -0.25) is 4.79 Å². The van der Waals surface area contributed by atoms with Crippen LogP contribution in [-0.2, 0) is 19.5 Å². The molecule has 0 N–H and O–H groups in total. The number of rotatable bonds is 4. The van der Waals surface area contributed by atoms with Gasteiger partial charge in [-0.1, -0.05) is 62.4 Å². The van der Waals surface area contributed by atoms with Gasteiger partial charge in [0.2, 0.25) is 0 Å². The Morgan fingerprint density at radius 3 is 2.52 bits per heavy atom. The van der Waals surface area contributed by atoms with Gasteiger partial charge in [-0.2, -0.15) is 0 Å². The second kappa shape index (κ2) is 7.35. The zero-order chi connectivity index (χ0) is 18.8. The van der Waals surface area contributed by atoms with E-state index < -0.39 is 0 Å². The van der Waals surface area contributed by atoms with E-state index in [9.17, 15) is 4.79 Å². The summed E-state index contributed by atoms with van der Waals surface area (Å²) in [4.78, 5) is 15.1. The minimum absolute atomic E-state index is 0.0501. The molecule has 0 spiro atoms. The Kier molecular flexibility index (Phi) is 4.75. The third kappa shape index (κ3) is 3.50. The Morgan fingerprint density at radius 2 is 1.74 bits per heavy atom. The normalized spacial score (nSPS) is 13.7. The fourth-order valence-electron chi connectivity index (χ4n) is 3.62. The highest BCUT2D eigenvalue weighted by Gasteiger charge is 2.26. The van der Waals surface area contributed by atoms with E-state index in [1.165, 1.54) is 0 Å². The largest absolute Gasteiger partial charge is 0.329 e. The van der Waals surface area contributed by atoms with Gasteiger partial charge in [-0.25, -0.2) is 0 Å². The van der Waals surface area contributed by atoms with Crippen molar-refractivity contribution in [1.82, 2.24) is 19.7 Å². The van der Waals surface area contributed by atoms with Crippen LogP contribution in [0.1, 0.15) is 35.9 Å². The Balaban J connectivity index is 1.60. The third-order valence-corrected chi connectivity index (χ3v) is 4.95. The molecule has 5 nitrogen and oxygen atoms in total. The SMILES string of the molecule is CC(C)Cc1nnc2n1CCN(C(=O)c1ccccc1-c1ccccc1)C2. The molecule has 1 aromatic heterocycles. The van der Waals surface area contributed by atoms with E-state index in [1.807, 2.05) is 59.5 Å². The van der Waals surface area contributed by atoms with Gasteiger partial charge in [0.15, 0.2) is 5.82 Å². The van der Waals surface area contributed by atoms with Crippen molar-refractivity contribution in [3.05, 3.63) is 71.8 Å². The number of nitrogens with zero attached hydrogens (tertiary/aromatic N) is 4. The summed E-state index contributed by atoms with van der Waals surface area (Å²) in [6.07, 6.45) is 0.914. The molecule has 3 aromatic rings. The molecule has 0 fully saturated rings. The molecular weight excluding hydrogens is 336 g/mol. The average Bonchev–Trinajstić information content (AvgIpc) is 3.09. The van der Waals surface area contributed by atoms with Crippen LogP contribution in [0.2, 0.25) is 0 Å². The minimum atomic E-state index is 0.0501. The lowest BCUT2D eigenvalue weighted by atomic mass is 9.98. The number of hydrogen-bond acceptors (Lipinski definition) is 3. The summed E-state index contributed by atoms with van der Waals surface area (Å²) in [5, 5.41) is 8.68. The van der Waals surface area contributed by atoms with Crippen LogP contribution in [0.3, 0.4) is 0 Å². The summed E-state index contributed by atoms with van der Waals surface area (Å²) >= 11 is 0. The van der Waals surface area contributed by atoms with E-state index in [2.05, 4.69) is 28.6 Å². The van der Waals surface area contributed by atoms with E-state index in [0.717, 1.165) is 41.3 Å². The Hall–Kier alpha value is -2.95. The molecule has 2 aromatic carbocycles. The van der Waals surface area contributed by atoms with E-state index in [0.29, 0.717) is 19.0 Å². The lowest BCUT2D eigenvalue weighted by molar-refractivity contribution is 0.0707. The number of carbonyl (C=O) groups is 1. The van der Waals surface area contributed by atoms with Crippen LogP contribution in [0.5, 0.6) is 0 Å². The number of benzene rings is 2. The monoisotopic (exact) mass is 360 g/mol. The van der Waals surface area contributed by atoms with Crippen LogP contribution in [0.15, 0.2) is 54.6 Å². The van der Waals surface area contributed by atoms with Gasteiger partial charge < -0.3 is 9.47 Å². The summed E-state index contributed by atoms with van der Waals surface area (Å²) < 4.78 is 2.17. The smallest absolute Gasteiger partial charge is 0.254 e. The van der Waals surface area contributed by atoms with Gasteiger partial charge in [0.1, 0.15) is 5.82 Å². The van der Waals surface area contributed by atoms with Gasteiger partial charge >= 0.3 is 0 Å². The molecule has 27 heavy (non-hydrogen) atoms. The van der Waals surface area contributed by atoms with E-state index in [4.69, 9.17) is 0 Å². The first-order chi connectivity index (χ1) is 13.1. The first-order valence-electron chi connectivity index (χ1n) is 9.48. The van der Waals surface area contributed by atoms with Gasteiger partial charge in [-0.05, 0) is 23.1 Å². The van der Waals surface area contributed by atoms with Crippen LogP contribution in [0.25, 0.3) is 11.1 Å². The molecule has 1 aliphatic rings. The highest BCUT2D eigenvalue weighted by atomic mass is 16.2. The first-order valence-corrected chi connectivity index (χ1v) is 9.48. The molecule has 0 atom stereocenters. The van der Waals surface area contributed by atoms with Crippen LogP contribution in [0.4, 0.5) is 0 Å². The molecule has 0 aliphatic carbocycles. The zero-order valence-electron chi connectivity index (χ0n) is 15.8. The van der Waals surface area contributed by atoms with Crippen molar-refractivity contribution in [2.45, 2.75) is 33.4 Å². The van der Waals surface area contributed by atoms with Crippen molar-refractivity contribution >= 4 is 5.91 Å². The molecular formula is C22H24N4O. The average molecular weight is 360 g/mol. The third-order valence-electron chi connectivity index (χ3n) is 4.95. The summed E-state index contributed by atoms with van der Waals surface area (Å²) in [6, 6.07) is 17.9. The van der Waals surface area contributed by atoms with E-state index in [1.54, 1.807) is 0 Å². The lowest BCUT2D eigenvalue weighted by Gasteiger charge is -2.28. The maximum Gasteiger partial charge on any atom is 0.254 e. The van der Waals surface area contributed by atoms with Crippen LogP contribution >= 0.6 is 0 Å². The van der Waals surface area contributed by atoms with Crippen molar-refractivity contribution in [2.24, 2.45) is 5.92 Å². The van der Waals surface area contributed by atoms with Crippen molar-refractivity contribution in [3.63, 3.8) is 0 Å². The van der Waals surface area contributed by atoms with Crippen molar-refractivity contribution < 1.29 is 4.79 Å².